The molecule has 0 atom stereocenters. The van der Waals surface area contributed by atoms with Crippen LogP contribution in [0.4, 0.5) is 0 Å². The molecule has 0 unspecified atom stereocenters. The summed E-state index contributed by atoms with van der Waals surface area (Å²) >= 11 is 0. The summed E-state index contributed by atoms with van der Waals surface area (Å²) in [6.07, 6.45) is 8.44. The molecule has 0 aliphatic carbocycles. The van der Waals surface area contributed by atoms with Crippen molar-refractivity contribution in [3.05, 3.63) is 59.9 Å². The van der Waals surface area contributed by atoms with Gasteiger partial charge in [-0.25, -0.2) is 9.67 Å². The summed E-state index contributed by atoms with van der Waals surface area (Å²) in [5, 5.41) is 4.51. The fraction of sp³-hybridized carbons (Fsp3) is 0.417. The van der Waals surface area contributed by atoms with Gasteiger partial charge in [0.25, 0.3) is 0 Å². The third-order valence-corrected chi connectivity index (χ3v) is 5.03. The van der Waals surface area contributed by atoms with E-state index in [1.807, 2.05) is 11.7 Å². The number of rotatable bonds is 9. The lowest BCUT2D eigenvalue weighted by Crippen LogP contribution is -1.94. The van der Waals surface area contributed by atoms with Crippen LogP contribution in [0.25, 0.3) is 22.5 Å². The molecule has 142 valence electrons. The normalized spacial score (nSPS) is 11.1. The summed E-state index contributed by atoms with van der Waals surface area (Å²) in [4.78, 5) is 4.68. The van der Waals surface area contributed by atoms with E-state index in [0.717, 1.165) is 30.1 Å². The van der Waals surface area contributed by atoms with Gasteiger partial charge in [-0.2, -0.15) is 5.10 Å². The van der Waals surface area contributed by atoms with E-state index in [-0.39, 0.29) is 0 Å². The second-order valence-corrected chi connectivity index (χ2v) is 7.31. The highest BCUT2D eigenvalue weighted by Gasteiger charge is 2.09. The Labute approximate surface area is 163 Å². The Bertz CT molecular complexity index is 829. The van der Waals surface area contributed by atoms with Crippen molar-refractivity contribution in [2.75, 3.05) is 0 Å². The molecule has 27 heavy (non-hydrogen) atoms. The molecule has 3 rings (SSSR count). The number of hydrogen-bond donors (Lipinski definition) is 0. The Kier molecular flexibility index (Phi) is 6.80. The summed E-state index contributed by atoms with van der Waals surface area (Å²) in [6.45, 7) is 4.41. The maximum absolute atomic E-state index is 4.68. The monoisotopic (exact) mass is 361 g/mol. The molecule has 2 aromatic carbocycles. The Hall–Kier alpha value is -2.42. The Morgan fingerprint density at radius 2 is 1.33 bits per heavy atom. The second-order valence-electron chi connectivity index (χ2n) is 7.31. The molecule has 1 heterocycles. The molecule has 0 aliphatic rings. The maximum Gasteiger partial charge on any atom is 0.158 e. The Morgan fingerprint density at radius 3 is 1.96 bits per heavy atom. The first-order chi connectivity index (χ1) is 13.2. The summed E-state index contributed by atoms with van der Waals surface area (Å²) in [7, 11) is 1.97. The van der Waals surface area contributed by atoms with Crippen molar-refractivity contribution in [2.24, 2.45) is 7.05 Å². The third kappa shape index (κ3) is 5.06. The third-order valence-electron chi connectivity index (χ3n) is 5.03. The Morgan fingerprint density at radius 1 is 0.704 bits per heavy atom. The van der Waals surface area contributed by atoms with Crippen LogP contribution in [0.2, 0.25) is 0 Å². The molecule has 0 radical (unpaired) electrons. The van der Waals surface area contributed by atoms with Crippen molar-refractivity contribution in [1.29, 1.82) is 0 Å². The highest BCUT2D eigenvalue weighted by Crippen LogP contribution is 2.24. The summed E-state index contributed by atoms with van der Waals surface area (Å²) < 4.78 is 1.88. The van der Waals surface area contributed by atoms with E-state index in [2.05, 4.69) is 72.5 Å². The average molecular weight is 362 g/mol. The largest absolute Gasteiger partial charge is 0.249 e. The molecule has 0 N–H and O–H groups in total. The number of nitrogens with zero attached hydrogens (tertiary/aromatic N) is 3. The molecular weight excluding hydrogens is 330 g/mol. The van der Waals surface area contributed by atoms with E-state index in [0.29, 0.717) is 0 Å². The van der Waals surface area contributed by atoms with Gasteiger partial charge in [-0.1, -0.05) is 81.6 Å². The smallest absolute Gasteiger partial charge is 0.158 e. The number of benzene rings is 2. The lowest BCUT2D eigenvalue weighted by molar-refractivity contribution is 0.667. The van der Waals surface area contributed by atoms with Gasteiger partial charge in [0.1, 0.15) is 0 Å². The van der Waals surface area contributed by atoms with Gasteiger partial charge >= 0.3 is 0 Å². The number of unbranched alkanes of at least 4 members (excludes halogenated alkanes) is 3. The van der Waals surface area contributed by atoms with Crippen molar-refractivity contribution < 1.29 is 0 Å². The highest BCUT2D eigenvalue weighted by atomic mass is 15.3. The zero-order chi connectivity index (χ0) is 19.1. The van der Waals surface area contributed by atoms with Crippen molar-refractivity contribution in [3.63, 3.8) is 0 Å². The lowest BCUT2D eigenvalue weighted by atomic mass is 10.00. The topological polar surface area (TPSA) is 30.7 Å². The highest BCUT2D eigenvalue weighted by molar-refractivity contribution is 5.68. The molecule has 0 amide bonds. The minimum atomic E-state index is 0.925. The van der Waals surface area contributed by atoms with Crippen molar-refractivity contribution in [2.45, 2.75) is 58.8 Å². The maximum atomic E-state index is 4.68. The van der Waals surface area contributed by atoms with E-state index in [1.54, 1.807) is 0 Å². The van der Waals surface area contributed by atoms with Gasteiger partial charge < -0.3 is 0 Å². The van der Waals surface area contributed by atoms with Crippen LogP contribution < -0.4 is 0 Å². The van der Waals surface area contributed by atoms with E-state index in [9.17, 15) is 0 Å². The molecule has 0 bridgehead atoms. The zero-order valence-corrected chi connectivity index (χ0v) is 16.9. The first-order valence-corrected chi connectivity index (χ1v) is 10.3. The molecular formula is C24H31N3. The molecule has 0 aliphatic heterocycles. The first-order valence-electron chi connectivity index (χ1n) is 10.3. The van der Waals surface area contributed by atoms with E-state index in [1.165, 1.54) is 48.8 Å². The number of aryl methyl sites for hydroxylation is 3. The van der Waals surface area contributed by atoms with Crippen molar-refractivity contribution >= 4 is 0 Å². The van der Waals surface area contributed by atoms with E-state index >= 15 is 0 Å². The molecule has 1 aromatic heterocycles. The van der Waals surface area contributed by atoms with Crippen LogP contribution in [-0.2, 0) is 19.9 Å². The zero-order valence-electron chi connectivity index (χ0n) is 16.9. The Balaban J connectivity index is 1.68. The average Bonchev–Trinajstić information content (AvgIpc) is 3.06. The summed E-state index contributed by atoms with van der Waals surface area (Å²) in [5.74, 6) is 1.86. The van der Waals surface area contributed by atoms with Crippen LogP contribution in [0.3, 0.4) is 0 Å². The van der Waals surface area contributed by atoms with Crippen LogP contribution in [0.5, 0.6) is 0 Å². The fourth-order valence-corrected chi connectivity index (χ4v) is 3.45. The van der Waals surface area contributed by atoms with E-state index in [4.69, 9.17) is 0 Å². The molecule has 3 nitrogen and oxygen atoms in total. The first kappa shape index (κ1) is 19.3. The summed E-state index contributed by atoms with van der Waals surface area (Å²) in [5.41, 5.74) is 5.06. The van der Waals surface area contributed by atoms with Crippen LogP contribution >= 0.6 is 0 Å². The van der Waals surface area contributed by atoms with Gasteiger partial charge in [-0.3, -0.25) is 0 Å². The minimum absolute atomic E-state index is 0.925. The van der Waals surface area contributed by atoms with Gasteiger partial charge in [-0.05, 0) is 36.0 Å². The van der Waals surface area contributed by atoms with Gasteiger partial charge in [0.15, 0.2) is 11.6 Å². The molecule has 3 heteroatoms. The molecule has 0 spiro atoms. The van der Waals surface area contributed by atoms with Crippen LogP contribution in [-0.4, -0.2) is 14.8 Å². The predicted molar refractivity (Wildman–Crippen MR) is 114 cm³/mol. The quantitative estimate of drug-likeness (QED) is 0.423. The van der Waals surface area contributed by atoms with Crippen molar-refractivity contribution in [1.82, 2.24) is 14.8 Å². The lowest BCUT2D eigenvalue weighted by Gasteiger charge is -2.06. The van der Waals surface area contributed by atoms with Gasteiger partial charge in [0.2, 0.25) is 0 Å². The predicted octanol–water partition coefficient (Wildman–Crippen LogP) is 6.22. The van der Waals surface area contributed by atoms with Gasteiger partial charge in [0.05, 0.1) is 0 Å². The molecule has 0 saturated heterocycles. The summed E-state index contributed by atoms with van der Waals surface area (Å²) in [6, 6.07) is 17.7. The molecule has 0 saturated carbocycles. The van der Waals surface area contributed by atoms with E-state index < -0.39 is 0 Å². The number of aromatic nitrogens is 3. The van der Waals surface area contributed by atoms with Gasteiger partial charge in [-0.15, -0.1) is 0 Å². The number of hydrogen-bond acceptors (Lipinski definition) is 2. The van der Waals surface area contributed by atoms with Crippen LogP contribution in [0, 0.1) is 0 Å². The molecule has 3 aromatic rings. The second kappa shape index (κ2) is 9.50. The standard InChI is InChI=1S/C24H31N3/c1-4-6-7-8-10-19-11-13-20(14-12-19)21-15-17-22(18-16-21)24-25-23(9-5-2)26-27(24)3/h11-18H,4-10H2,1-3H3. The SMILES string of the molecule is CCCCCCc1ccc(-c2ccc(-c3nc(CCC)nn3C)cc2)cc1. The van der Waals surface area contributed by atoms with Gasteiger partial charge in [0, 0.05) is 19.0 Å². The van der Waals surface area contributed by atoms with Crippen LogP contribution in [0.1, 0.15) is 57.3 Å². The fourth-order valence-electron chi connectivity index (χ4n) is 3.45. The van der Waals surface area contributed by atoms with Crippen molar-refractivity contribution in [3.8, 4) is 22.5 Å². The van der Waals surface area contributed by atoms with Crippen LogP contribution in [0.15, 0.2) is 48.5 Å². The molecule has 0 fully saturated rings. The minimum Gasteiger partial charge on any atom is -0.249 e.